The van der Waals surface area contributed by atoms with Gasteiger partial charge in [0.05, 0.1) is 9.21 Å². The second-order valence-corrected chi connectivity index (χ2v) is 6.55. The van der Waals surface area contributed by atoms with Crippen LogP contribution < -0.4 is 11.1 Å². The van der Waals surface area contributed by atoms with Gasteiger partial charge in [-0.2, -0.15) is 9.78 Å². The number of nitrogens with one attached hydrogen (secondary N) is 1. The predicted octanol–water partition coefficient (Wildman–Crippen LogP) is 3.10. The smallest absolute Gasteiger partial charge is 0.193 e. The van der Waals surface area contributed by atoms with Gasteiger partial charge in [-0.1, -0.05) is 11.6 Å². The Labute approximate surface area is 125 Å². The number of halogens is 1. The molecule has 1 aliphatic rings. The van der Waals surface area contributed by atoms with E-state index in [0.717, 1.165) is 46.5 Å². The molecule has 0 unspecified atom stereocenters. The summed E-state index contributed by atoms with van der Waals surface area (Å²) in [6.45, 7) is 0.923. The van der Waals surface area contributed by atoms with Crippen molar-refractivity contribution in [3.63, 3.8) is 0 Å². The lowest BCUT2D eigenvalue weighted by Crippen LogP contribution is -2.22. The quantitative estimate of drug-likeness (QED) is 0.794. The maximum atomic E-state index is 6.01. The Hall–Kier alpha value is -1.11. The van der Waals surface area contributed by atoms with Crippen molar-refractivity contribution >= 4 is 46.1 Å². The highest BCUT2D eigenvalue weighted by molar-refractivity contribution is 7.80. The fraction of sp³-hybridized carbons (Fsp3) is 0.333. The number of fused-ring (bicyclic) bond motifs is 1. The van der Waals surface area contributed by atoms with Gasteiger partial charge in [0.2, 0.25) is 0 Å². The normalized spacial score (nSPS) is 14.6. The number of thiocarbonyl (C=S) groups is 1. The van der Waals surface area contributed by atoms with E-state index in [-0.39, 0.29) is 5.11 Å². The van der Waals surface area contributed by atoms with Crippen molar-refractivity contribution in [1.29, 1.82) is 0 Å². The van der Waals surface area contributed by atoms with E-state index >= 15 is 0 Å². The molecule has 3 rings (SSSR count). The van der Waals surface area contributed by atoms with Gasteiger partial charge in [-0.3, -0.25) is 0 Å². The third kappa shape index (κ3) is 2.35. The molecule has 100 valence electrons. The predicted molar refractivity (Wildman–Crippen MR) is 84.2 cm³/mol. The van der Waals surface area contributed by atoms with Crippen LogP contribution in [-0.2, 0) is 6.42 Å². The molecule has 0 saturated carbocycles. The van der Waals surface area contributed by atoms with Crippen LogP contribution in [0, 0.1) is 0 Å². The molecule has 2 aromatic rings. The van der Waals surface area contributed by atoms with Crippen molar-refractivity contribution in [2.75, 3.05) is 11.9 Å². The zero-order valence-corrected chi connectivity index (χ0v) is 12.5. The van der Waals surface area contributed by atoms with E-state index in [1.165, 1.54) is 16.9 Å². The molecule has 3 heterocycles. The Morgan fingerprint density at radius 1 is 1.47 bits per heavy atom. The minimum absolute atomic E-state index is 0.263. The molecule has 0 spiro atoms. The molecule has 0 amide bonds. The second kappa shape index (κ2) is 5.11. The van der Waals surface area contributed by atoms with E-state index in [1.807, 2.05) is 12.1 Å². The lowest BCUT2D eigenvalue weighted by Gasteiger charge is -2.06. The molecule has 7 heteroatoms. The molecule has 3 N–H and O–H groups in total. The first-order valence-corrected chi connectivity index (χ1v) is 7.68. The van der Waals surface area contributed by atoms with Gasteiger partial charge >= 0.3 is 0 Å². The van der Waals surface area contributed by atoms with Crippen molar-refractivity contribution in [2.45, 2.75) is 19.3 Å². The molecular weight excluding hydrogens is 300 g/mol. The standard InChI is InChI=1S/C12H13ClN4S2/c13-9-5-4-8(19-9)10-7-3-1-2-6-15-11(7)17(16-10)12(14)18/h4-5,15H,1-3,6H2,(H2,14,18). The van der Waals surface area contributed by atoms with Crippen LogP contribution in [0.1, 0.15) is 18.4 Å². The summed E-state index contributed by atoms with van der Waals surface area (Å²) in [6.07, 6.45) is 3.25. The summed E-state index contributed by atoms with van der Waals surface area (Å²) in [7, 11) is 0. The largest absolute Gasteiger partial charge is 0.374 e. The number of hydrogen-bond acceptors (Lipinski definition) is 4. The average molecular weight is 313 g/mol. The molecule has 4 nitrogen and oxygen atoms in total. The molecule has 1 aliphatic heterocycles. The molecule has 0 aliphatic carbocycles. The first-order valence-electron chi connectivity index (χ1n) is 6.08. The molecule has 0 saturated heterocycles. The number of aromatic nitrogens is 2. The topological polar surface area (TPSA) is 55.9 Å². The Morgan fingerprint density at radius 2 is 2.32 bits per heavy atom. The van der Waals surface area contributed by atoms with Crippen LogP contribution in [0.3, 0.4) is 0 Å². The van der Waals surface area contributed by atoms with E-state index in [4.69, 9.17) is 29.6 Å². The summed E-state index contributed by atoms with van der Waals surface area (Å²) in [4.78, 5) is 1.06. The Balaban J connectivity index is 2.16. The maximum absolute atomic E-state index is 6.01. The Kier molecular flexibility index (Phi) is 3.47. The van der Waals surface area contributed by atoms with Crippen LogP contribution in [0.5, 0.6) is 0 Å². The Bertz CT molecular complexity index is 632. The van der Waals surface area contributed by atoms with Crippen LogP contribution >= 0.6 is 35.2 Å². The van der Waals surface area contributed by atoms with E-state index in [1.54, 1.807) is 4.68 Å². The van der Waals surface area contributed by atoms with Gasteiger partial charge in [0.1, 0.15) is 11.5 Å². The number of hydrogen-bond donors (Lipinski definition) is 2. The fourth-order valence-corrected chi connectivity index (χ4v) is 3.49. The van der Waals surface area contributed by atoms with Crippen LogP contribution in [0.15, 0.2) is 12.1 Å². The first-order chi connectivity index (χ1) is 9.16. The summed E-state index contributed by atoms with van der Waals surface area (Å²) >= 11 is 12.6. The summed E-state index contributed by atoms with van der Waals surface area (Å²) < 4.78 is 2.38. The lowest BCUT2D eigenvalue weighted by atomic mass is 10.1. The van der Waals surface area contributed by atoms with Gasteiger partial charge in [0.25, 0.3) is 0 Å². The average Bonchev–Trinajstić information content (AvgIpc) is 2.86. The highest BCUT2D eigenvalue weighted by atomic mass is 35.5. The molecule has 2 aromatic heterocycles. The van der Waals surface area contributed by atoms with Crippen molar-refractivity contribution in [2.24, 2.45) is 5.73 Å². The zero-order chi connectivity index (χ0) is 13.4. The third-order valence-corrected chi connectivity index (χ3v) is 4.56. The molecule has 0 atom stereocenters. The van der Waals surface area contributed by atoms with E-state index in [2.05, 4.69) is 10.4 Å². The number of nitrogens with zero attached hydrogens (tertiary/aromatic N) is 2. The van der Waals surface area contributed by atoms with Gasteiger partial charge < -0.3 is 11.1 Å². The van der Waals surface area contributed by atoms with Crippen LogP contribution in [0.4, 0.5) is 5.82 Å². The van der Waals surface area contributed by atoms with Crippen molar-refractivity contribution in [1.82, 2.24) is 9.78 Å². The maximum Gasteiger partial charge on any atom is 0.193 e. The number of thiophene rings is 1. The van der Waals surface area contributed by atoms with Crippen molar-refractivity contribution in [3.8, 4) is 10.6 Å². The lowest BCUT2D eigenvalue weighted by molar-refractivity contribution is 0.782. The molecule has 19 heavy (non-hydrogen) atoms. The van der Waals surface area contributed by atoms with Gasteiger partial charge in [0.15, 0.2) is 5.11 Å². The zero-order valence-electron chi connectivity index (χ0n) is 10.1. The highest BCUT2D eigenvalue weighted by Crippen LogP contribution is 2.36. The van der Waals surface area contributed by atoms with E-state index < -0.39 is 0 Å². The van der Waals surface area contributed by atoms with Gasteiger partial charge in [-0.15, -0.1) is 11.3 Å². The summed E-state index contributed by atoms with van der Waals surface area (Å²) in [6, 6.07) is 3.88. The van der Waals surface area contributed by atoms with Crippen LogP contribution in [0.2, 0.25) is 4.34 Å². The number of nitrogens with two attached hydrogens (primary N) is 1. The summed E-state index contributed by atoms with van der Waals surface area (Å²) in [5.41, 5.74) is 7.88. The van der Waals surface area contributed by atoms with Gasteiger partial charge in [-0.25, -0.2) is 0 Å². The molecule has 0 aromatic carbocycles. The molecular formula is C12H13ClN4S2. The number of rotatable bonds is 1. The highest BCUT2D eigenvalue weighted by Gasteiger charge is 2.22. The molecule has 0 radical (unpaired) electrons. The van der Waals surface area contributed by atoms with Crippen molar-refractivity contribution < 1.29 is 0 Å². The second-order valence-electron chi connectivity index (χ2n) is 4.41. The summed E-state index contributed by atoms with van der Waals surface area (Å²) in [5.74, 6) is 0.935. The van der Waals surface area contributed by atoms with Crippen LogP contribution in [-0.4, -0.2) is 21.4 Å². The minimum atomic E-state index is 0.263. The summed E-state index contributed by atoms with van der Waals surface area (Å²) in [5, 5.41) is 8.20. The third-order valence-electron chi connectivity index (χ3n) is 3.14. The number of anilines is 1. The molecule has 0 fully saturated rings. The van der Waals surface area contributed by atoms with Gasteiger partial charge in [-0.05, 0) is 43.6 Å². The fourth-order valence-electron chi connectivity index (χ4n) is 2.30. The Morgan fingerprint density at radius 3 is 3.00 bits per heavy atom. The first kappa shape index (κ1) is 12.9. The monoisotopic (exact) mass is 312 g/mol. The molecule has 0 bridgehead atoms. The SMILES string of the molecule is NC(=S)n1nc(-c2ccc(Cl)s2)c2c1NCCCC2. The van der Waals surface area contributed by atoms with E-state index in [0.29, 0.717) is 0 Å². The van der Waals surface area contributed by atoms with Crippen molar-refractivity contribution in [3.05, 3.63) is 22.0 Å². The minimum Gasteiger partial charge on any atom is -0.374 e. The van der Waals surface area contributed by atoms with E-state index in [9.17, 15) is 0 Å². The van der Waals surface area contributed by atoms with Gasteiger partial charge in [0, 0.05) is 12.1 Å². The van der Waals surface area contributed by atoms with Crippen LogP contribution in [0.25, 0.3) is 10.6 Å².